The monoisotopic (exact) mass is 280 g/mol. The van der Waals surface area contributed by atoms with Crippen LogP contribution in [0, 0.1) is 0 Å². The van der Waals surface area contributed by atoms with Crippen LogP contribution < -0.4 is 11.3 Å². The van der Waals surface area contributed by atoms with Crippen LogP contribution in [0.15, 0.2) is 48.5 Å². The fourth-order valence-corrected chi connectivity index (χ4v) is 2.08. The topological polar surface area (TPSA) is 38.0 Å². The molecule has 0 aliphatic rings. The molecule has 2 aromatic rings. The zero-order chi connectivity index (χ0) is 13.0. The van der Waals surface area contributed by atoms with Gasteiger partial charge in [0.25, 0.3) is 0 Å². The van der Waals surface area contributed by atoms with Crippen LogP contribution in [0.5, 0.6) is 0 Å². The van der Waals surface area contributed by atoms with Gasteiger partial charge in [0.2, 0.25) is 0 Å². The van der Waals surface area contributed by atoms with Crippen LogP contribution >= 0.6 is 23.2 Å². The molecule has 4 heteroatoms. The van der Waals surface area contributed by atoms with Crippen LogP contribution in [-0.2, 0) is 6.42 Å². The summed E-state index contributed by atoms with van der Waals surface area (Å²) >= 11 is 11.7. The molecule has 94 valence electrons. The van der Waals surface area contributed by atoms with Crippen LogP contribution in [0.25, 0.3) is 0 Å². The lowest BCUT2D eigenvalue weighted by atomic mass is 9.99. The first-order valence-electron chi connectivity index (χ1n) is 5.65. The largest absolute Gasteiger partial charge is 0.271 e. The molecule has 0 saturated carbocycles. The minimum atomic E-state index is 0.0587. The number of hydrazine groups is 1. The zero-order valence-corrected chi connectivity index (χ0v) is 11.2. The number of hydrogen-bond donors (Lipinski definition) is 2. The van der Waals surface area contributed by atoms with Crippen LogP contribution in [0.2, 0.25) is 10.0 Å². The number of hydrogen-bond acceptors (Lipinski definition) is 2. The predicted molar refractivity (Wildman–Crippen MR) is 76.7 cm³/mol. The summed E-state index contributed by atoms with van der Waals surface area (Å²) in [6, 6.07) is 15.5. The van der Waals surface area contributed by atoms with E-state index in [4.69, 9.17) is 29.0 Å². The van der Waals surface area contributed by atoms with E-state index in [9.17, 15) is 0 Å². The Bertz CT molecular complexity index is 494. The van der Waals surface area contributed by atoms with Gasteiger partial charge in [-0.25, -0.2) is 0 Å². The maximum atomic E-state index is 5.87. The lowest BCUT2D eigenvalue weighted by Crippen LogP contribution is -2.29. The highest BCUT2D eigenvalue weighted by molar-refractivity contribution is 6.30. The molecule has 2 aromatic carbocycles. The number of nitrogens with two attached hydrogens (primary N) is 1. The molecule has 0 saturated heterocycles. The number of benzene rings is 2. The maximum absolute atomic E-state index is 5.87. The van der Waals surface area contributed by atoms with Gasteiger partial charge in [-0.15, -0.1) is 0 Å². The maximum Gasteiger partial charge on any atom is 0.0500 e. The highest BCUT2D eigenvalue weighted by atomic mass is 35.5. The molecule has 0 spiro atoms. The molecular formula is C14H14Cl2N2. The number of rotatable bonds is 4. The summed E-state index contributed by atoms with van der Waals surface area (Å²) in [6.07, 6.45) is 0.801. The first kappa shape index (κ1) is 13.4. The van der Waals surface area contributed by atoms with Crippen molar-refractivity contribution in [2.75, 3.05) is 0 Å². The second-order valence-electron chi connectivity index (χ2n) is 4.10. The third-order valence-corrected chi connectivity index (χ3v) is 3.33. The molecule has 0 radical (unpaired) electrons. The van der Waals surface area contributed by atoms with E-state index in [1.165, 1.54) is 5.56 Å². The van der Waals surface area contributed by atoms with E-state index in [2.05, 4.69) is 5.43 Å². The molecule has 0 fully saturated rings. The van der Waals surface area contributed by atoms with Crippen molar-refractivity contribution in [3.05, 3.63) is 69.7 Å². The van der Waals surface area contributed by atoms with Crippen molar-refractivity contribution in [3.63, 3.8) is 0 Å². The summed E-state index contributed by atoms with van der Waals surface area (Å²) in [4.78, 5) is 0. The second-order valence-corrected chi connectivity index (χ2v) is 4.97. The van der Waals surface area contributed by atoms with Gasteiger partial charge in [0.1, 0.15) is 0 Å². The average Bonchev–Trinajstić information content (AvgIpc) is 2.39. The first-order valence-corrected chi connectivity index (χ1v) is 6.40. The fraction of sp³-hybridized carbons (Fsp3) is 0.143. The minimum absolute atomic E-state index is 0.0587. The van der Waals surface area contributed by atoms with Gasteiger partial charge in [0, 0.05) is 16.1 Å². The van der Waals surface area contributed by atoms with E-state index < -0.39 is 0 Å². The first-order chi connectivity index (χ1) is 8.69. The fourth-order valence-electron chi connectivity index (χ4n) is 1.82. The molecule has 0 aliphatic heterocycles. The molecule has 0 aliphatic carbocycles. The number of halogens is 2. The molecule has 0 bridgehead atoms. The molecule has 2 rings (SSSR count). The third kappa shape index (κ3) is 3.47. The van der Waals surface area contributed by atoms with Gasteiger partial charge in [0.05, 0.1) is 0 Å². The summed E-state index contributed by atoms with van der Waals surface area (Å²) in [5.74, 6) is 5.61. The van der Waals surface area contributed by atoms with Gasteiger partial charge in [-0.05, 0) is 41.8 Å². The van der Waals surface area contributed by atoms with Crippen molar-refractivity contribution in [1.82, 2.24) is 5.43 Å². The summed E-state index contributed by atoms with van der Waals surface area (Å²) in [7, 11) is 0. The Morgan fingerprint density at radius 1 is 0.889 bits per heavy atom. The Labute approximate surface area is 117 Å². The van der Waals surface area contributed by atoms with Crippen LogP contribution in [0.3, 0.4) is 0 Å². The molecule has 18 heavy (non-hydrogen) atoms. The summed E-state index contributed by atoms with van der Waals surface area (Å²) in [5, 5.41) is 1.46. The lowest BCUT2D eigenvalue weighted by molar-refractivity contribution is 0.552. The van der Waals surface area contributed by atoms with E-state index in [0.29, 0.717) is 0 Å². The van der Waals surface area contributed by atoms with Crippen molar-refractivity contribution in [3.8, 4) is 0 Å². The molecule has 1 atom stereocenters. The van der Waals surface area contributed by atoms with Crippen LogP contribution in [-0.4, -0.2) is 0 Å². The van der Waals surface area contributed by atoms with Gasteiger partial charge in [0.15, 0.2) is 0 Å². The van der Waals surface area contributed by atoms with Gasteiger partial charge >= 0.3 is 0 Å². The quantitative estimate of drug-likeness (QED) is 0.661. The lowest BCUT2D eigenvalue weighted by Gasteiger charge is -2.16. The zero-order valence-electron chi connectivity index (χ0n) is 9.74. The summed E-state index contributed by atoms with van der Waals surface area (Å²) in [5.41, 5.74) is 5.11. The van der Waals surface area contributed by atoms with Gasteiger partial charge in [-0.1, -0.05) is 47.5 Å². The molecule has 2 nitrogen and oxygen atoms in total. The van der Waals surface area contributed by atoms with Crippen molar-refractivity contribution < 1.29 is 0 Å². The Balaban J connectivity index is 2.14. The average molecular weight is 281 g/mol. The normalized spacial score (nSPS) is 12.4. The molecular weight excluding hydrogens is 267 g/mol. The Kier molecular flexibility index (Phi) is 4.61. The SMILES string of the molecule is NNC(Cc1ccc(Cl)cc1)c1ccc(Cl)cc1. The summed E-state index contributed by atoms with van der Waals surface area (Å²) < 4.78 is 0. The van der Waals surface area contributed by atoms with E-state index in [1.807, 2.05) is 48.5 Å². The third-order valence-electron chi connectivity index (χ3n) is 2.83. The van der Waals surface area contributed by atoms with Crippen LogP contribution in [0.4, 0.5) is 0 Å². The standard InChI is InChI=1S/C14H14Cl2N2/c15-12-5-1-10(2-6-12)9-14(18-17)11-3-7-13(16)8-4-11/h1-8,14,18H,9,17H2. The van der Waals surface area contributed by atoms with Gasteiger partial charge in [-0.3, -0.25) is 11.3 Å². The Morgan fingerprint density at radius 3 is 1.89 bits per heavy atom. The summed E-state index contributed by atoms with van der Waals surface area (Å²) in [6.45, 7) is 0. The number of nitrogens with one attached hydrogen (secondary N) is 1. The Morgan fingerprint density at radius 2 is 1.39 bits per heavy atom. The van der Waals surface area contributed by atoms with Crippen LogP contribution in [0.1, 0.15) is 17.2 Å². The molecule has 0 aromatic heterocycles. The molecule has 1 unspecified atom stereocenters. The molecule has 0 heterocycles. The Hall–Kier alpha value is -1.06. The minimum Gasteiger partial charge on any atom is -0.271 e. The van der Waals surface area contributed by atoms with E-state index in [1.54, 1.807) is 0 Å². The highest BCUT2D eigenvalue weighted by Gasteiger charge is 2.10. The van der Waals surface area contributed by atoms with Gasteiger partial charge < -0.3 is 0 Å². The highest BCUT2D eigenvalue weighted by Crippen LogP contribution is 2.20. The second kappa shape index (κ2) is 6.21. The van der Waals surface area contributed by atoms with Crippen molar-refractivity contribution in [2.24, 2.45) is 5.84 Å². The predicted octanol–water partition coefficient (Wildman–Crippen LogP) is 3.74. The smallest absolute Gasteiger partial charge is 0.0500 e. The molecule has 3 N–H and O–H groups in total. The molecule has 0 amide bonds. The van der Waals surface area contributed by atoms with E-state index >= 15 is 0 Å². The van der Waals surface area contributed by atoms with E-state index in [-0.39, 0.29) is 6.04 Å². The van der Waals surface area contributed by atoms with E-state index in [0.717, 1.165) is 22.0 Å². The van der Waals surface area contributed by atoms with Gasteiger partial charge in [-0.2, -0.15) is 0 Å². The van der Waals surface area contributed by atoms with Crippen molar-refractivity contribution >= 4 is 23.2 Å². The van der Waals surface area contributed by atoms with Crippen molar-refractivity contribution in [2.45, 2.75) is 12.5 Å². The van der Waals surface area contributed by atoms with Crippen molar-refractivity contribution in [1.29, 1.82) is 0 Å².